The lowest BCUT2D eigenvalue weighted by Crippen LogP contribution is -2.45. The molecule has 2 N–H and O–H groups in total. The molecule has 0 aromatic carbocycles. The average Bonchev–Trinajstić information content (AvgIpc) is 2.46. The fourth-order valence-corrected chi connectivity index (χ4v) is 3.22. The first-order valence-corrected chi connectivity index (χ1v) is 7.66. The Morgan fingerprint density at radius 1 is 1.42 bits per heavy atom. The Hall–Kier alpha value is -1.09. The number of hydrogen-bond donors (Lipinski definition) is 2. The van der Waals surface area contributed by atoms with E-state index < -0.39 is 10.2 Å². The van der Waals surface area contributed by atoms with E-state index in [1.807, 2.05) is 0 Å². The maximum absolute atomic E-state index is 12.1. The lowest BCUT2D eigenvalue weighted by Gasteiger charge is -2.30. The maximum atomic E-state index is 12.1. The maximum Gasteiger partial charge on any atom is 0.279 e. The van der Waals surface area contributed by atoms with Crippen LogP contribution in [0.5, 0.6) is 0 Å². The quantitative estimate of drug-likeness (QED) is 0.762. The van der Waals surface area contributed by atoms with Crippen LogP contribution in [0.1, 0.15) is 18.5 Å². The molecule has 1 aliphatic heterocycles. The molecule has 2 rings (SSSR count). The van der Waals surface area contributed by atoms with Crippen molar-refractivity contribution >= 4 is 10.2 Å². The Balaban J connectivity index is 1.89. The second-order valence-electron chi connectivity index (χ2n) is 4.55. The van der Waals surface area contributed by atoms with Crippen LogP contribution in [0.2, 0.25) is 0 Å². The molecule has 1 fully saturated rings. The number of aliphatic hydroxyl groups is 1. The van der Waals surface area contributed by atoms with Crippen molar-refractivity contribution < 1.29 is 13.5 Å². The van der Waals surface area contributed by atoms with Crippen LogP contribution in [0.15, 0.2) is 18.6 Å². The summed E-state index contributed by atoms with van der Waals surface area (Å²) < 4.78 is 28.1. The molecule has 0 radical (unpaired) electrons. The Morgan fingerprint density at radius 2 is 2.16 bits per heavy atom. The number of piperidine rings is 1. The molecule has 0 unspecified atom stereocenters. The van der Waals surface area contributed by atoms with Gasteiger partial charge in [-0.05, 0) is 24.8 Å². The first-order valence-electron chi connectivity index (χ1n) is 6.22. The summed E-state index contributed by atoms with van der Waals surface area (Å²) in [5.74, 6) is 0.216. The molecule has 7 nitrogen and oxygen atoms in total. The molecule has 8 heteroatoms. The summed E-state index contributed by atoms with van der Waals surface area (Å²) in [5, 5.41) is 9.03. The van der Waals surface area contributed by atoms with Crippen molar-refractivity contribution in [1.29, 1.82) is 0 Å². The highest BCUT2D eigenvalue weighted by molar-refractivity contribution is 7.87. The Kier molecular flexibility index (Phi) is 4.81. The van der Waals surface area contributed by atoms with E-state index >= 15 is 0 Å². The predicted molar refractivity (Wildman–Crippen MR) is 69.2 cm³/mol. The monoisotopic (exact) mass is 286 g/mol. The van der Waals surface area contributed by atoms with Gasteiger partial charge in [0.05, 0.1) is 12.2 Å². The van der Waals surface area contributed by atoms with Crippen LogP contribution in [0.3, 0.4) is 0 Å². The normalized spacial score (nSPS) is 18.6. The number of rotatable bonds is 5. The number of nitrogens with one attached hydrogen (secondary N) is 1. The fraction of sp³-hybridized carbons (Fsp3) is 0.636. The smallest absolute Gasteiger partial charge is 0.279 e. The van der Waals surface area contributed by atoms with Gasteiger partial charge >= 0.3 is 0 Å². The molecule has 0 aliphatic carbocycles. The number of hydrogen-bond acceptors (Lipinski definition) is 5. The van der Waals surface area contributed by atoms with Crippen LogP contribution in [0.25, 0.3) is 0 Å². The van der Waals surface area contributed by atoms with Gasteiger partial charge in [-0.25, -0.2) is 9.97 Å². The highest BCUT2D eigenvalue weighted by Gasteiger charge is 2.27. The highest BCUT2D eigenvalue weighted by Crippen LogP contribution is 2.18. The minimum atomic E-state index is -3.47. The zero-order chi connectivity index (χ0) is 13.7. The van der Waals surface area contributed by atoms with Crippen LogP contribution in [0, 0.1) is 5.92 Å². The summed E-state index contributed by atoms with van der Waals surface area (Å²) in [7, 11) is -3.47. The number of nitrogens with zero attached hydrogens (tertiary/aromatic N) is 3. The minimum absolute atomic E-state index is 0.127. The third-order valence-electron chi connectivity index (χ3n) is 3.25. The third kappa shape index (κ3) is 3.93. The Morgan fingerprint density at radius 3 is 2.74 bits per heavy atom. The zero-order valence-electron chi connectivity index (χ0n) is 10.6. The van der Waals surface area contributed by atoms with Crippen molar-refractivity contribution in [3.63, 3.8) is 0 Å². The topological polar surface area (TPSA) is 95.4 Å². The van der Waals surface area contributed by atoms with Crippen molar-refractivity contribution in [2.45, 2.75) is 19.4 Å². The molecule has 0 bridgehead atoms. The van der Waals surface area contributed by atoms with Crippen LogP contribution < -0.4 is 4.72 Å². The Bertz CT molecular complexity index is 486. The summed E-state index contributed by atoms with van der Waals surface area (Å²) in [4.78, 5) is 7.74. The van der Waals surface area contributed by atoms with Gasteiger partial charge in [-0.15, -0.1) is 0 Å². The van der Waals surface area contributed by atoms with Crippen molar-refractivity contribution in [3.05, 3.63) is 24.3 Å². The molecular weight excluding hydrogens is 268 g/mol. The van der Waals surface area contributed by atoms with Gasteiger partial charge in [0.25, 0.3) is 10.2 Å². The molecule has 0 atom stereocenters. The average molecular weight is 286 g/mol. The van der Waals surface area contributed by atoms with Gasteiger partial charge in [-0.2, -0.15) is 17.4 Å². The standard InChI is InChI=1S/C11H18N4O3S/c16-8-10-2-5-15(6-3-10)19(17,18)14-7-11-1-4-12-9-13-11/h1,4,9-10,14,16H,2-3,5-8H2. The van der Waals surface area contributed by atoms with Gasteiger partial charge < -0.3 is 5.11 Å². The second-order valence-corrected chi connectivity index (χ2v) is 6.31. The summed E-state index contributed by atoms with van der Waals surface area (Å²) in [5.41, 5.74) is 0.629. The molecule has 0 amide bonds. The third-order valence-corrected chi connectivity index (χ3v) is 4.80. The van der Waals surface area contributed by atoms with E-state index in [9.17, 15) is 8.42 Å². The van der Waals surface area contributed by atoms with Gasteiger partial charge in [0.1, 0.15) is 6.33 Å². The summed E-state index contributed by atoms with van der Waals surface area (Å²) in [6, 6.07) is 1.67. The SMILES string of the molecule is O=S(=O)(NCc1ccncn1)N1CCC(CO)CC1. The van der Waals surface area contributed by atoms with Crippen LogP contribution >= 0.6 is 0 Å². The molecule has 1 aliphatic rings. The minimum Gasteiger partial charge on any atom is -0.396 e. The highest BCUT2D eigenvalue weighted by atomic mass is 32.2. The largest absolute Gasteiger partial charge is 0.396 e. The van der Waals surface area contributed by atoms with Gasteiger partial charge in [-0.3, -0.25) is 0 Å². The summed E-state index contributed by atoms with van der Waals surface area (Å²) >= 11 is 0. The summed E-state index contributed by atoms with van der Waals surface area (Å²) in [6.45, 7) is 1.18. The lowest BCUT2D eigenvalue weighted by atomic mass is 10.00. The second kappa shape index (κ2) is 6.38. The zero-order valence-corrected chi connectivity index (χ0v) is 11.4. The van der Waals surface area contributed by atoms with Gasteiger partial charge in [-0.1, -0.05) is 0 Å². The van der Waals surface area contributed by atoms with Gasteiger partial charge in [0, 0.05) is 25.9 Å². The van der Waals surface area contributed by atoms with Crippen LogP contribution in [-0.4, -0.2) is 47.5 Å². The van der Waals surface area contributed by atoms with Crippen molar-refractivity contribution in [2.24, 2.45) is 5.92 Å². The van der Waals surface area contributed by atoms with E-state index in [4.69, 9.17) is 5.11 Å². The first-order chi connectivity index (χ1) is 9.12. The molecule has 1 aromatic heterocycles. The Labute approximate surface area is 112 Å². The van der Waals surface area contributed by atoms with E-state index in [0.29, 0.717) is 31.6 Å². The van der Waals surface area contributed by atoms with Crippen molar-refractivity contribution in [3.8, 4) is 0 Å². The summed E-state index contributed by atoms with van der Waals surface area (Å²) in [6.07, 6.45) is 4.36. The van der Waals surface area contributed by atoms with Gasteiger partial charge in [0.15, 0.2) is 0 Å². The fourth-order valence-electron chi connectivity index (χ4n) is 2.01. The molecule has 1 saturated heterocycles. The first kappa shape index (κ1) is 14.3. The van der Waals surface area contributed by atoms with Crippen LogP contribution in [-0.2, 0) is 16.8 Å². The molecule has 106 valence electrons. The lowest BCUT2D eigenvalue weighted by molar-refractivity contribution is 0.169. The molecule has 2 heterocycles. The molecule has 1 aromatic rings. The van der Waals surface area contributed by atoms with Crippen molar-refractivity contribution in [2.75, 3.05) is 19.7 Å². The number of aromatic nitrogens is 2. The van der Waals surface area contributed by atoms with E-state index in [1.54, 1.807) is 12.3 Å². The predicted octanol–water partition coefficient (Wildman–Crippen LogP) is -0.485. The van der Waals surface area contributed by atoms with Crippen LogP contribution in [0.4, 0.5) is 0 Å². The van der Waals surface area contributed by atoms with Crippen molar-refractivity contribution in [1.82, 2.24) is 19.0 Å². The van der Waals surface area contributed by atoms with Gasteiger partial charge in [0.2, 0.25) is 0 Å². The molecule has 0 saturated carbocycles. The van der Waals surface area contributed by atoms with E-state index in [-0.39, 0.29) is 19.1 Å². The number of aliphatic hydroxyl groups excluding tert-OH is 1. The molecule has 0 spiro atoms. The molecule has 19 heavy (non-hydrogen) atoms. The van der Waals surface area contributed by atoms with E-state index in [1.165, 1.54) is 10.6 Å². The molecular formula is C11H18N4O3S. The van der Waals surface area contributed by atoms with E-state index in [2.05, 4.69) is 14.7 Å². The van der Waals surface area contributed by atoms with E-state index in [0.717, 1.165) is 0 Å².